The molecular formula is C17H18FNO2. The zero-order valence-electron chi connectivity index (χ0n) is 11.7. The summed E-state index contributed by atoms with van der Waals surface area (Å²) in [5, 5.41) is 3.04. The van der Waals surface area contributed by atoms with E-state index < -0.39 is 0 Å². The van der Waals surface area contributed by atoms with Crippen molar-refractivity contribution in [1.29, 1.82) is 0 Å². The molecule has 1 unspecified atom stereocenters. The molecule has 1 amide bonds. The van der Waals surface area contributed by atoms with Gasteiger partial charge in [0.1, 0.15) is 5.82 Å². The maximum atomic E-state index is 13.1. The van der Waals surface area contributed by atoms with Crippen molar-refractivity contribution in [3.05, 3.63) is 59.8 Å². The predicted octanol–water partition coefficient (Wildman–Crippen LogP) is 4.08. The van der Waals surface area contributed by atoms with Crippen LogP contribution in [0.3, 0.4) is 0 Å². The molecule has 1 aliphatic rings. The molecule has 1 atom stereocenters. The van der Waals surface area contributed by atoms with Gasteiger partial charge < -0.3 is 9.73 Å². The van der Waals surface area contributed by atoms with Gasteiger partial charge in [0.2, 0.25) is 0 Å². The predicted molar refractivity (Wildman–Crippen MR) is 77.3 cm³/mol. The number of carbonyl (C=O) groups is 1. The molecule has 1 aliphatic carbocycles. The van der Waals surface area contributed by atoms with Crippen molar-refractivity contribution < 1.29 is 13.6 Å². The highest BCUT2D eigenvalue weighted by atomic mass is 19.1. The van der Waals surface area contributed by atoms with Crippen LogP contribution in [-0.2, 0) is 0 Å². The van der Waals surface area contributed by atoms with E-state index in [0.29, 0.717) is 11.7 Å². The molecular weight excluding hydrogens is 269 g/mol. The maximum absolute atomic E-state index is 13.1. The smallest absolute Gasteiger partial charge is 0.287 e. The van der Waals surface area contributed by atoms with Crippen molar-refractivity contribution in [3.63, 3.8) is 0 Å². The third-order valence-corrected chi connectivity index (χ3v) is 4.13. The highest BCUT2D eigenvalue weighted by molar-refractivity contribution is 5.91. The number of carbonyl (C=O) groups excluding carboxylic acids is 1. The van der Waals surface area contributed by atoms with Crippen molar-refractivity contribution in [1.82, 2.24) is 5.32 Å². The van der Waals surface area contributed by atoms with Gasteiger partial charge in [0.25, 0.3) is 5.91 Å². The lowest BCUT2D eigenvalue weighted by Crippen LogP contribution is -2.32. The Labute approximate surface area is 123 Å². The first kappa shape index (κ1) is 13.9. The van der Waals surface area contributed by atoms with Gasteiger partial charge in [0, 0.05) is 0 Å². The first-order chi connectivity index (χ1) is 10.2. The number of halogens is 1. The molecule has 3 nitrogen and oxygen atoms in total. The van der Waals surface area contributed by atoms with E-state index in [9.17, 15) is 9.18 Å². The largest absolute Gasteiger partial charge is 0.459 e. The summed E-state index contributed by atoms with van der Waals surface area (Å²) in [6.45, 7) is 0. The van der Waals surface area contributed by atoms with Crippen molar-refractivity contribution in [2.24, 2.45) is 5.92 Å². The Hall–Kier alpha value is -2.10. The second-order valence-electron chi connectivity index (χ2n) is 5.52. The van der Waals surface area contributed by atoms with Gasteiger partial charge in [-0.15, -0.1) is 0 Å². The van der Waals surface area contributed by atoms with Crippen LogP contribution in [-0.4, -0.2) is 5.91 Å². The minimum atomic E-state index is -0.263. The molecule has 0 bridgehead atoms. The molecule has 1 aromatic heterocycles. The SMILES string of the molecule is O=C(NC(c1ccc(F)cc1)C1CCCC1)c1ccco1. The number of rotatable bonds is 4. The Morgan fingerprint density at radius 1 is 1.19 bits per heavy atom. The molecule has 1 fully saturated rings. The van der Waals surface area contributed by atoms with Gasteiger partial charge >= 0.3 is 0 Å². The second-order valence-corrected chi connectivity index (χ2v) is 5.52. The lowest BCUT2D eigenvalue weighted by atomic mass is 9.91. The summed E-state index contributed by atoms with van der Waals surface area (Å²) in [4.78, 5) is 12.2. The van der Waals surface area contributed by atoms with Crippen LogP contribution in [0.2, 0.25) is 0 Å². The Morgan fingerprint density at radius 3 is 2.52 bits per heavy atom. The average Bonchev–Trinajstić information content (AvgIpc) is 3.19. The van der Waals surface area contributed by atoms with Crippen molar-refractivity contribution in [3.8, 4) is 0 Å². The topological polar surface area (TPSA) is 42.2 Å². The zero-order valence-corrected chi connectivity index (χ0v) is 11.7. The number of benzene rings is 1. The molecule has 3 rings (SSSR count). The number of hydrogen-bond donors (Lipinski definition) is 1. The van der Waals surface area contributed by atoms with Gasteiger partial charge in [-0.25, -0.2) is 4.39 Å². The lowest BCUT2D eigenvalue weighted by molar-refractivity contribution is 0.0893. The van der Waals surface area contributed by atoms with Crippen LogP contribution in [0.4, 0.5) is 4.39 Å². The van der Waals surface area contributed by atoms with E-state index >= 15 is 0 Å². The minimum absolute atomic E-state index is 0.0919. The van der Waals surface area contributed by atoms with Gasteiger partial charge in [0.15, 0.2) is 5.76 Å². The monoisotopic (exact) mass is 287 g/mol. The van der Waals surface area contributed by atoms with Crippen molar-refractivity contribution in [2.45, 2.75) is 31.7 Å². The number of hydrogen-bond acceptors (Lipinski definition) is 2. The summed E-state index contributed by atoms with van der Waals surface area (Å²) in [5.41, 5.74) is 0.947. The van der Waals surface area contributed by atoms with Crippen LogP contribution >= 0.6 is 0 Å². The second kappa shape index (κ2) is 6.12. The van der Waals surface area contributed by atoms with Crippen molar-refractivity contribution in [2.75, 3.05) is 0 Å². The van der Waals surface area contributed by atoms with Crippen LogP contribution in [0.1, 0.15) is 47.8 Å². The Morgan fingerprint density at radius 2 is 1.90 bits per heavy atom. The molecule has 4 heteroatoms. The van der Waals surface area contributed by atoms with Gasteiger partial charge in [-0.2, -0.15) is 0 Å². The van der Waals surface area contributed by atoms with Crippen LogP contribution in [0.25, 0.3) is 0 Å². The first-order valence-electron chi connectivity index (χ1n) is 7.34. The summed E-state index contributed by atoms with van der Waals surface area (Å²) in [5.74, 6) is 0.219. The van der Waals surface area contributed by atoms with Crippen LogP contribution in [0, 0.1) is 11.7 Å². The van der Waals surface area contributed by atoms with Crippen molar-refractivity contribution >= 4 is 5.91 Å². The average molecular weight is 287 g/mol. The summed E-state index contributed by atoms with van der Waals surface area (Å²) in [7, 11) is 0. The van der Waals surface area contributed by atoms with Crippen LogP contribution in [0.15, 0.2) is 47.1 Å². The fourth-order valence-corrected chi connectivity index (χ4v) is 3.05. The van der Waals surface area contributed by atoms with E-state index in [2.05, 4.69) is 5.32 Å². The van der Waals surface area contributed by atoms with Crippen LogP contribution in [0.5, 0.6) is 0 Å². The maximum Gasteiger partial charge on any atom is 0.287 e. The third kappa shape index (κ3) is 3.15. The van der Waals surface area contributed by atoms with E-state index in [0.717, 1.165) is 18.4 Å². The third-order valence-electron chi connectivity index (χ3n) is 4.13. The summed E-state index contributed by atoms with van der Waals surface area (Å²) in [6, 6.07) is 9.63. The minimum Gasteiger partial charge on any atom is -0.459 e. The number of furan rings is 1. The van der Waals surface area contributed by atoms with E-state index in [1.807, 2.05) is 0 Å². The van der Waals surface area contributed by atoms with Gasteiger partial charge in [-0.05, 0) is 48.6 Å². The molecule has 1 saturated carbocycles. The molecule has 0 aliphatic heterocycles. The Bertz CT molecular complexity index is 586. The molecule has 1 aromatic carbocycles. The molecule has 21 heavy (non-hydrogen) atoms. The fourth-order valence-electron chi connectivity index (χ4n) is 3.05. The highest BCUT2D eigenvalue weighted by Gasteiger charge is 2.28. The van der Waals surface area contributed by atoms with E-state index in [4.69, 9.17) is 4.42 Å². The number of amides is 1. The van der Waals surface area contributed by atoms with Gasteiger partial charge in [0.05, 0.1) is 12.3 Å². The highest BCUT2D eigenvalue weighted by Crippen LogP contribution is 2.36. The standard InChI is InChI=1S/C17H18FNO2/c18-14-9-7-13(8-10-14)16(12-4-1-2-5-12)19-17(20)15-6-3-11-21-15/h3,6-12,16H,1-2,4-5H2,(H,19,20). The molecule has 0 spiro atoms. The van der Waals surface area contributed by atoms with Gasteiger partial charge in [-0.1, -0.05) is 25.0 Å². The van der Waals surface area contributed by atoms with E-state index in [-0.39, 0.29) is 17.8 Å². The normalized spacial score (nSPS) is 16.8. The summed E-state index contributed by atoms with van der Waals surface area (Å²) >= 11 is 0. The Kier molecular flexibility index (Phi) is 4.04. The molecule has 1 heterocycles. The van der Waals surface area contributed by atoms with Crippen LogP contribution < -0.4 is 5.32 Å². The molecule has 110 valence electrons. The number of nitrogens with one attached hydrogen (secondary N) is 1. The summed E-state index contributed by atoms with van der Waals surface area (Å²) < 4.78 is 18.3. The van der Waals surface area contributed by atoms with E-state index in [1.54, 1.807) is 24.3 Å². The fraction of sp³-hybridized carbons (Fsp3) is 0.353. The Balaban J connectivity index is 1.82. The first-order valence-corrected chi connectivity index (χ1v) is 7.34. The van der Waals surface area contributed by atoms with E-state index in [1.165, 1.54) is 31.2 Å². The lowest BCUT2D eigenvalue weighted by Gasteiger charge is -2.25. The summed E-state index contributed by atoms with van der Waals surface area (Å²) in [6.07, 6.45) is 6.01. The molecule has 0 saturated heterocycles. The quantitative estimate of drug-likeness (QED) is 0.920. The zero-order chi connectivity index (χ0) is 14.7. The molecule has 0 radical (unpaired) electrons. The molecule has 1 N–H and O–H groups in total. The molecule has 2 aromatic rings. The van der Waals surface area contributed by atoms with Gasteiger partial charge in [-0.3, -0.25) is 4.79 Å².